The second kappa shape index (κ2) is 13.6. The van der Waals surface area contributed by atoms with Crippen molar-refractivity contribution in [3.63, 3.8) is 0 Å². The van der Waals surface area contributed by atoms with E-state index in [1.165, 1.54) is 12.1 Å². The van der Waals surface area contributed by atoms with E-state index in [0.29, 0.717) is 27.9 Å². The molecule has 3 heterocycles. The first kappa shape index (κ1) is 33.1. The number of aliphatic hydroxyl groups is 8. The van der Waals surface area contributed by atoms with Gasteiger partial charge in [0.2, 0.25) is 12.6 Å². The van der Waals surface area contributed by atoms with E-state index in [-0.39, 0.29) is 23.7 Å². The van der Waals surface area contributed by atoms with Gasteiger partial charge in [-0.3, -0.25) is 0 Å². The molecule has 0 amide bonds. The van der Waals surface area contributed by atoms with Gasteiger partial charge in [-0.2, -0.15) is 0 Å². The third-order valence-corrected chi connectivity index (χ3v) is 7.85. The fourth-order valence-electron chi connectivity index (χ4n) is 5.22. The zero-order valence-corrected chi connectivity index (χ0v) is 24.5. The Kier molecular flexibility index (Phi) is 10.0. The summed E-state index contributed by atoms with van der Waals surface area (Å²) in [6.07, 6.45) is -13.7. The van der Waals surface area contributed by atoms with Gasteiger partial charge in [0, 0.05) is 22.6 Å². The van der Waals surface area contributed by atoms with Crippen LogP contribution < -0.4 is 9.47 Å². The quantitative estimate of drug-likeness (QED) is 0.137. The Hall–Kier alpha value is -3.28. The van der Waals surface area contributed by atoms with Gasteiger partial charge in [-0.15, -0.1) is 0 Å². The van der Waals surface area contributed by atoms with E-state index in [9.17, 15) is 46.0 Å². The van der Waals surface area contributed by atoms with E-state index in [1.54, 1.807) is 24.3 Å². The molecule has 0 spiro atoms. The number of phenols is 1. The molecule has 3 aromatic rings. The highest BCUT2D eigenvalue weighted by Gasteiger charge is 2.46. The fourth-order valence-corrected chi connectivity index (χ4v) is 5.22. The Morgan fingerprint density at radius 1 is 0.733 bits per heavy atom. The van der Waals surface area contributed by atoms with Gasteiger partial charge in [0.1, 0.15) is 77.4 Å². The summed E-state index contributed by atoms with van der Waals surface area (Å²) in [5.74, 6) is 0.384. The molecule has 2 aliphatic heterocycles. The molecule has 246 valence electrons. The monoisotopic (exact) mass is 634 g/mol. The van der Waals surface area contributed by atoms with Crippen molar-refractivity contribution in [3.05, 3.63) is 53.6 Å². The van der Waals surface area contributed by atoms with Crippen LogP contribution in [0, 0.1) is 0 Å². The number of fused-ring (bicyclic) bond motifs is 1. The number of aromatic hydroxyl groups is 1. The van der Waals surface area contributed by atoms with Crippen LogP contribution in [0.2, 0.25) is 0 Å². The fraction of sp³-hybridized carbons (Fsp3) is 0.484. The lowest BCUT2D eigenvalue weighted by Gasteiger charge is -2.40. The van der Waals surface area contributed by atoms with Gasteiger partial charge in [0.15, 0.2) is 0 Å². The maximum absolute atomic E-state index is 10.7. The van der Waals surface area contributed by atoms with Crippen LogP contribution in [-0.4, -0.2) is 121 Å². The van der Waals surface area contributed by atoms with E-state index in [2.05, 4.69) is 0 Å². The van der Waals surface area contributed by atoms with Crippen LogP contribution in [0.15, 0.2) is 52.5 Å². The van der Waals surface area contributed by atoms with Crippen LogP contribution in [0.5, 0.6) is 17.2 Å². The van der Waals surface area contributed by atoms with Crippen molar-refractivity contribution in [2.75, 3.05) is 13.2 Å². The molecule has 1 aromatic heterocycles. The Morgan fingerprint density at radius 3 is 1.76 bits per heavy atom. The molecule has 2 aliphatic rings. The number of hydrogen-bond donors (Lipinski definition) is 9. The third kappa shape index (κ3) is 6.80. The molecule has 14 heteroatoms. The van der Waals surface area contributed by atoms with E-state index < -0.39 is 74.6 Å². The minimum Gasteiger partial charge on any atom is -0.508 e. The van der Waals surface area contributed by atoms with E-state index >= 15 is 0 Å². The smallest absolute Gasteiger partial charge is 0.229 e. The van der Waals surface area contributed by atoms with Gasteiger partial charge < -0.3 is 69.3 Å². The van der Waals surface area contributed by atoms with Crippen LogP contribution in [0.1, 0.15) is 19.4 Å². The van der Waals surface area contributed by atoms with Gasteiger partial charge >= 0.3 is 0 Å². The average Bonchev–Trinajstić information content (AvgIpc) is 3.44. The number of benzene rings is 2. The molecule has 2 fully saturated rings. The minimum absolute atomic E-state index is 0.0150. The van der Waals surface area contributed by atoms with Crippen molar-refractivity contribution in [2.45, 2.75) is 81.7 Å². The molecule has 10 atom stereocenters. The molecule has 14 nitrogen and oxygen atoms in total. The Bertz CT molecular complexity index is 1440. The summed E-state index contributed by atoms with van der Waals surface area (Å²) in [6.45, 7) is 2.36. The molecule has 0 radical (unpaired) electrons. The molecule has 0 unspecified atom stereocenters. The third-order valence-electron chi connectivity index (χ3n) is 7.85. The van der Waals surface area contributed by atoms with Crippen molar-refractivity contribution in [2.24, 2.45) is 0 Å². The van der Waals surface area contributed by atoms with Crippen molar-refractivity contribution < 1.29 is 69.3 Å². The summed E-state index contributed by atoms with van der Waals surface area (Å²) in [4.78, 5) is 0. The molecule has 0 bridgehead atoms. The first-order chi connectivity index (χ1) is 21.4. The number of allylic oxidation sites excluding steroid dienone is 2. The van der Waals surface area contributed by atoms with Gasteiger partial charge in [-0.05, 0) is 50.6 Å². The number of hydrogen-bond acceptors (Lipinski definition) is 14. The minimum atomic E-state index is -1.73. The molecule has 2 aromatic carbocycles. The Labute approximate surface area is 257 Å². The highest BCUT2D eigenvalue weighted by molar-refractivity contribution is 5.84. The number of aliphatic hydroxyl groups excluding tert-OH is 8. The van der Waals surface area contributed by atoms with Crippen molar-refractivity contribution in [1.29, 1.82) is 0 Å². The summed E-state index contributed by atoms with van der Waals surface area (Å²) in [5.41, 5.74) is 1.97. The maximum atomic E-state index is 10.7. The molecule has 0 aliphatic carbocycles. The van der Waals surface area contributed by atoms with Crippen molar-refractivity contribution >= 4 is 11.0 Å². The maximum Gasteiger partial charge on any atom is 0.229 e. The lowest BCUT2D eigenvalue weighted by atomic mass is 9.98. The molecule has 5 rings (SSSR count). The van der Waals surface area contributed by atoms with E-state index in [1.807, 2.05) is 19.9 Å². The molecular weight excluding hydrogens is 596 g/mol. The second-order valence-corrected chi connectivity index (χ2v) is 11.4. The van der Waals surface area contributed by atoms with Gasteiger partial charge in [0.05, 0.1) is 13.2 Å². The van der Waals surface area contributed by atoms with Gasteiger partial charge in [-0.1, -0.05) is 11.6 Å². The van der Waals surface area contributed by atoms with Crippen LogP contribution in [0.3, 0.4) is 0 Å². The van der Waals surface area contributed by atoms with Crippen LogP contribution in [0.25, 0.3) is 22.3 Å². The highest BCUT2D eigenvalue weighted by Crippen LogP contribution is 2.41. The zero-order valence-electron chi connectivity index (χ0n) is 24.5. The summed E-state index contributed by atoms with van der Waals surface area (Å²) in [5, 5.41) is 92.6. The lowest BCUT2D eigenvalue weighted by Crippen LogP contribution is -2.60. The first-order valence-electron chi connectivity index (χ1n) is 14.4. The van der Waals surface area contributed by atoms with Gasteiger partial charge in [-0.25, -0.2) is 0 Å². The van der Waals surface area contributed by atoms with E-state index in [0.717, 1.165) is 5.57 Å². The molecule has 0 saturated carbocycles. The second-order valence-electron chi connectivity index (χ2n) is 11.4. The van der Waals surface area contributed by atoms with Crippen molar-refractivity contribution in [1.82, 2.24) is 0 Å². The largest absolute Gasteiger partial charge is 0.508 e. The number of rotatable bonds is 9. The average molecular weight is 635 g/mol. The SMILES string of the molecule is CC(C)=CCc1c(O[C@@H]2O[C@H](CO)[C@@H](O)[C@H](O)[C@H]2O)cc(-c2cc3ccc(O)cc3o2)cc1O[C@@H]1O[C@H](CO)[C@@H](O)[C@H](O)[C@H]1O. The van der Waals surface area contributed by atoms with Crippen LogP contribution in [-0.2, 0) is 15.9 Å². The zero-order chi connectivity index (χ0) is 32.6. The lowest BCUT2D eigenvalue weighted by molar-refractivity contribution is -0.278. The number of phenolic OH excluding ortho intramolecular Hbond substituents is 1. The van der Waals surface area contributed by atoms with Crippen LogP contribution >= 0.6 is 0 Å². The predicted molar refractivity (Wildman–Crippen MR) is 155 cm³/mol. The Morgan fingerprint density at radius 2 is 1.27 bits per heavy atom. The summed E-state index contributed by atoms with van der Waals surface area (Å²) in [7, 11) is 0. The number of ether oxygens (including phenoxy) is 4. The number of furan rings is 1. The predicted octanol–water partition coefficient (Wildman–Crippen LogP) is -0.329. The van der Waals surface area contributed by atoms with Crippen LogP contribution in [0.4, 0.5) is 0 Å². The molecule has 9 N–H and O–H groups in total. The normalized spacial score (nSPS) is 32.0. The Balaban J connectivity index is 1.63. The van der Waals surface area contributed by atoms with Crippen molar-refractivity contribution in [3.8, 4) is 28.6 Å². The highest BCUT2D eigenvalue weighted by atomic mass is 16.7. The standard InChI is InChI=1S/C31H38O14/c1-13(2)3-6-17-20(42-30-28(39)26(37)24(35)22(11-32)44-30)8-15(18-7-14-4-5-16(34)10-19(14)41-18)9-21(17)43-31-29(40)27(38)25(36)23(12-33)45-31/h3-5,7-10,22-40H,6,11-12H2,1-2H3/t22-,23-,24-,25-,26+,27+,28-,29-,30-,31-/m1/s1. The molecule has 45 heavy (non-hydrogen) atoms. The van der Waals surface area contributed by atoms with E-state index in [4.69, 9.17) is 23.4 Å². The van der Waals surface area contributed by atoms with Gasteiger partial charge in [0.25, 0.3) is 0 Å². The summed E-state index contributed by atoms with van der Waals surface area (Å²) < 4.78 is 29.4. The molecular formula is C31H38O14. The summed E-state index contributed by atoms with van der Waals surface area (Å²) in [6, 6.07) is 9.36. The topological polar surface area (TPSA) is 232 Å². The molecule has 2 saturated heterocycles. The summed E-state index contributed by atoms with van der Waals surface area (Å²) >= 11 is 0. The first-order valence-corrected chi connectivity index (χ1v) is 14.4.